The van der Waals surface area contributed by atoms with Crippen LogP contribution in [0.3, 0.4) is 0 Å². The highest BCUT2D eigenvalue weighted by atomic mass is 35.5. The Labute approximate surface area is 220 Å². The molecule has 13 heteroatoms. The third-order valence-electron chi connectivity index (χ3n) is 5.28. The number of amides is 2. The quantitative estimate of drug-likeness (QED) is 0.236. The van der Waals surface area contributed by atoms with E-state index in [-0.39, 0.29) is 17.9 Å². The van der Waals surface area contributed by atoms with Gasteiger partial charge in [0.15, 0.2) is 0 Å². The molecule has 38 heavy (non-hydrogen) atoms. The van der Waals surface area contributed by atoms with Crippen molar-refractivity contribution in [1.29, 1.82) is 0 Å². The van der Waals surface area contributed by atoms with Gasteiger partial charge in [0.2, 0.25) is 17.7 Å². The van der Waals surface area contributed by atoms with Crippen molar-refractivity contribution in [2.75, 3.05) is 5.32 Å². The average molecular weight is 534 g/mol. The summed E-state index contributed by atoms with van der Waals surface area (Å²) in [6, 6.07) is 12.5. The molecule has 0 spiro atoms. The first kappa shape index (κ1) is 26.0. The van der Waals surface area contributed by atoms with Crippen LogP contribution in [0, 0.1) is 0 Å². The Morgan fingerprint density at radius 2 is 1.87 bits per heavy atom. The van der Waals surface area contributed by atoms with Crippen molar-refractivity contribution in [3.05, 3.63) is 94.9 Å². The molecule has 0 aliphatic rings. The molecular formula is C25H20ClN7O5. The minimum atomic E-state index is -1.09. The number of rotatable bonds is 9. The van der Waals surface area contributed by atoms with Crippen LogP contribution in [0.25, 0.3) is 11.8 Å². The van der Waals surface area contributed by atoms with Gasteiger partial charge in [-0.2, -0.15) is 4.68 Å². The molecule has 2 aromatic carbocycles. The zero-order valence-electron chi connectivity index (χ0n) is 19.5. The van der Waals surface area contributed by atoms with Gasteiger partial charge in [-0.25, -0.2) is 9.78 Å². The van der Waals surface area contributed by atoms with Gasteiger partial charge in [-0.1, -0.05) is 17.7 Å². The molecule has 2 heterocycles. The van der Waals surface area contributed by atoms with Crippen LogP contribution in [-0.4, -0.2) is 59.2 Å². The molecule has 2 aromatic heterocycles. The number of carbonyl (C=O) groups is 3. The van der Waals surface area contributed by atoms with Crippen LogP contribution < -0.4 is 10.6 Å². The number of hydrogen-bond donors (Lipinski definition) is 4. The smallest absolute Gasteiger partial charge is 0.335 e. The van der Waals surface area contributed by atoms with Gasteiger partial charge < -0.3 is 20.8 Å². The Morgan fingerprint density at radius 1 is 1.08 bits per heavy atom. The van der Waals surface area contributed by atoms with E-state index >= 15 is 0 Å². The number of carbonyl (C=O) groups excluding carboxylic acids is 2. The largest absolute Gasteiger partial charge is 0.493 e. The van der Waals surface area contributed by atoms with Crippen LogP contribution in [0.15, 0.2) is 73.2 Å². The van der Waals surface area contributed by atoms with Crippen LogP contribution in [0.1, 0.15) is 21.5 Å². The molecule has 1 atom stereocenters. The van der Waals surface area contributed by atoms with E-state index in [0.29, 0.717) is 27.5 Å². The fourth-order valence-electron chi connectivity index (χ4n) is 3.43. The maximum atomic E-state index is 13.1. The van der Waals surface area contributed by atoms with E-state index in [2.05, 4.69) is 31.1 Å². The van der Waals surface area contributed by atoms with Gasteiger partial charge in [-0.05, 0) is 64.5 Å². The molecule has 0 aliphatic heterocycles. The summed E-state index contributed by atoms with van der Waals surface area (Å²) in [5, 5.41) is 35.4. The van der Waals surface area contributed by atoms with Gasteiger partial charge in [-0.3, -0.25) is 9.59 Å². The lowest BCUT2D eigenvalue weighted by Crippen LogP contribution is -2.44. The molecule has 0 unspecified atom stereocenters. The zero-order valence-corrected chi connectivity index (χ0v) is 20.3. The average Bonchev–Trinajstić information content (AvgIpc) is 3.43. The van der Waals surface area contributed by atoms with E-state index in [1.165, 1.54) is 59.7 Å². The van der Waals surface area contributed by atoms with Crippen molar-refractivity contribution in [2.24, 2.45) is 0 Å². The lowest BCUT2D eigenvalue weighted by Gasteiger charge is -2.18. The van der Waals surface area contributed by atoms with Gasteiger partial charge in [0.1, 0.15) is 12.4 Å². The Balaban J connectivity index is 1.53. The molecule has 0 saturated carbocycles. The molecular weight excluding hydrogens is 514 g/mol. The SMILES string of the molecule is O=C(/C=C/c1cc(Cl)ccc1-n1cnnn1)N[C@@H](Cc1ccc(O)nc1)C(=O)Nc1ccc(C(=O)O)cc1. The lowest BCUT2D eigenvalue weighted by molar-refractivity contribution is -0.123. The summed E-state index contributed by atoms with van der Waals surface area (Å²) >= 11 is 6.12. The second-order valence-electron chi connectivity index (χ2n) is 7.95. The normalized spacial score (nSPS) is 11.7. The minimum absolute atomic E-state index is 0.0650. The van der Waals surface area contributed by atoms with Crippen LogP contribution >= 0.6 is 11.6 Å². The predicted octanol–water partition coefficient (Wildman–Crippen LogP) is 2.49. The summed E-state index contributed by atoms with van der Waals surface area (Å²) in [4.78, 5) is 40.8. The Kier molecular flexibility index (Phi) is 8.04. The Bertz CT molecular complexity index is 1470. The van der Waals surface area contributed by atoms with Crippen molar-refractivity contribution in [3.8, 4) is 11.6 Å². The van der Waals surface area contributed by atoms with Gasteiger partial charge in [0.05, 0.1) is 11.3 Å². The first-order valence-corrected chi connectivity index (χ1v) is 11.5. The van der Waals surface area contributed by atoms with Gasteiger partial charge in [0.25, 0.3) is 0 Å². The van der Waals surface area contributed by atoms with E-state index in [1.807, 2.05) is 0 Å². The fraction of sp³-hybridized carbons (Fsp3) is 0.0800. The highest BCUT2D eigenvalue weighted by Crippen LogP contribution is 2.20. The molecule has 0 bridgehead atoms. The van der Waals surface area contributed by atoms with Gasteiger partial charge >= 0.3 is 5.97 Å². The number of carboxylic acids is 1. The summed E-state index contributed by atoms with van der Waals surface area (Å²) in [7, 11) is 0. The maximum Gasteiger partial charge on any atom is 0.335 e. The number of benzene rings is 2. The van der Waals surface area contributed by atoms with Gasteiger partial charge in [0, 0.05) is 41.0 Å². The molecule has 12 nitrogen and oxygen atoms in total. The number of nitrogens with one attached hydrogen (secondary N) is 2. The molecule has 2 amide bonds. The Morgan fingerprint density at radius 3 is 2.53 bits per heavy atom. The van der Waals surface area contributed by atoms with E-state index < -0.39 is 23.8 Å². The van der Waals surface area contributed by atoms with Crippen LogP contribution in [0.5, 0.6) is 5.88 Å². The summed E-state index contributed by atoms with van der Waals surface area (Å²) in [6.45, 7) is 0. The van der Waals surface area contributed by atoms with Crippen LogP contribution in [0.2, 0.25) is 5.02 Å². The molecule has 0 saturated heterocycles. The highest BCUT2D eigenvalue weighted by molar-refractivity contribution is 6.30. The lowest BCUT2D eigenvalue weighted by atomic mass is 10.1. The number of carboxylic acid groups (broad SMARTS) is 1. The second kappa shape index (κ2) is 11.8. The molecule has 0 radical (unpaired) electrons. The minimum Gasteiger partial charge on any atom is -0.493 e. The number of hydrogen-bond acceptors (Lipinski definition) is 8. The summed E-state index contributed by atoms with van der Waals surface area (Å²) in [5.41, 5.74) is 2.14. The zero-order chi connectivity index (χ0) is 27.1. The first-order valence-electron chi connectivity index (χ1n) is 11.1. The number of pyridine rings is 1. The van der Waals surface area contributed by atoms with E-state index in [1.54, 1.807) is 24.3 Å². The number of aromatic nitrogens is 5. The van der Waals surface area contributed by atoms with Crippen LogP contribution in [-0.2, 0) is 16.0 Å². The number of nitrogens with zero attached hydrogens (tertiary/aromatic N) is 5. The standard InChI is InChI=1S/C25H20ClN7O5/c26-18-5-8-21(33-14-28-31-32-33)17(12-18)4-10-23(35)30-20(11-15-1-9-22(34)27-13-15)24(36)29-19-6-2-16(3-7-19)25(37)38/h1-10,12-14,20H,11H2,(H,27,34)(H,29,36)(H,30,35)(H,37,38)/b10-4+/t20-/m0/s1. The fourth-order valence-corrected chi connectivity index (χ4v) is 3.61. The second-order valence-corrected chi connectivity index (χ2v) is 8.39. The molecule has 4 rings (SSSR count). The maximum absolute atomic E-state index is 13.1. The van der Waals surface area contributed by atoms with Crippen molar-refractivity contribution in [3.63, 3.8) is 0 Å². The van der Waals surface area contributed by atoms with Gasteiger partial charge in [-0.15, -0.1) is 5.10 Å². The van der Waals surface area contributed by atoms with E-state index in [9.17, 15) is 19.5 Å². The summed E-state index contributed by atoms with van der Waals surface area (Å²) in [6.07, 6.45) is 5.62. The topological polar surface area (TPSA) is 172 Å². The molecule has 4 N–H and O–H groups in total. The first-order chi connectivity index (χ1) is 18.3. The van der Waals surface area contributed by atoms with Crippen molar-refractivity contribution >= 4 is 41.1 Å². The summed E-state index contributed by atoms with van der Waals surface area (Å²) in [5.74, 6) is -2.39. The Hall–Kier alpha value is -5.10. The third-order valence-corrected chi connectivity index (χ3v) is 5.52. The third kappa shape index (κ3) is 6.77. The van der Waals surface area contributed by atoms with Crippen molar-refractivity contribution in [2.45, 2.75) is 12.5 Å². The molecule has 192 valence electrons. The molecule has 0 fully saturated rings. The van der Waals surface area contributed by atoms with Crippen LogP contribution in [0.4, 0.5) is 5.69 Å². The number of halogens is 1. The van der Waals surface area contributed by atoms with Crippen molar-refractivity contribution in [1.82, 2.24) is 30.5 Å². The monoisotopic (exact) mass is 533 g/mol. The van der Waals surface area contributed by atoms with E-state index in [0.717, 1.165) is 0 Å². The van der Waals surface area contributed by atoms with Crippen molar-refractivity contribution < 1.29 is 24.6 Å². The molecule has 0 aliphatic carbocycles. The number of aromatic hydroxyl groups is 1. The predicted molar refractivity (Wildman–Crippen MR) is 137 cm³/mol. The number of anilines is 1. The summed E-state index contributed by atoms with van der Waals surface area (Å²) < 4.78 is 1.41. The highest BCUT2D eigenvalue weighted by Gasteiger charge is 2.21. The van der Waals surface area contributed by atoms with E-state index in [4.69, 9.17) is 16.7 Å². The number of tetrazole rings is 1. The number of aromatic carboxylic acids is 1. The molecule has 4 aromatic rings.